The number of hydrogen-bond donors (Lipinski definition) is 1. The molecule has 0 saturated carbocycles. The third-order valence-electron chi connectivity index (χ3n) is 4.34. The van der Waals surface area contributed by atoms with E-state index in [9.17, 15) is 9.59 Å². The molecule has 1 heterocycles. The molecule has 0 saturated heterocycles. The van der Waals surface area contributed by atoms with E-state index in [1.54, 1.807) is 6.07 Å². The number of fused-ring (bicyclic) bond motifs is 1. The third-order valence-corrected chi connectivity index (χ3v) is 4.66. The first kappa shape index (κ1) is 19.5. The predicted molar refractivity (Wildman–Crippen MR) is 105 cm³/mol. The normalized spacial score (nSPS) is 10.5. The Kier molecular flexibility index (Phi) is 5.67. The molecule has 7 heteroatoms. The summed E-state index contributed by atoms with van der Waals surface area (Å²) in [7, 11) is 0. The van der Waals surface area contributed by atoms with E-state index in [1.165, 1.54) is 18.4 Å². The number of aryl methyl sites for hydroxylation is 2. The molecule has 0 unspecified atom stereocenters. The molecule has 0 atom stereocenters. The van der Waals surface area contributed by atoms with Crippen LogP contribution in [0.3, 0.4) is 0 Å². The molecule has 1 aromatic heterocycles. The summed E-state index contributed by atoms with van der Waals surface area (Å²) in [6, 6.07) is 10.3. The molecule has 0 fully saturated rings. The Labute approximate surface area is 166 Å². The van der Waals surface area contributed by atoms with Gasteiger partial charge in [-0.3, -0.25) is 9.59 Å². The number of anilines is 1. The average molecular weight is 397 g/mol. The fourth-order valence-electron chi connectivity index (χ4n) is 2.71. The van der Waals surface area contributed by atoms with Crippen LogP contribution in [0.4, 0.5) is 5.69 Å². The standard InChI is InChI=1S/C21H17ClN2O4/c1-12-5-17-15(10-27-19(17)6-13(12)2)7-21(26)28-11-20(25)24-16-4-3-14(9-23)18(22)8-16/h3-6,8,10H,7,11H2,1-2H3,(H,24,25). The summed E-state index contributed by atoms with van der Waals surface area (Å²) in [6.45, 7) is 3.55. The van der Waals surface area contributed by atoms with Crippen LogP contribution in [0.25, 0.3) is 11.0 Å². The van der Waals surface area contributed by atoms with Gasteiger partial charge in [-0.05, 0) is 55.3 Å². The largest absolute Gasteiger partial charge is 0.464 e. The van der Waals surface area contributed by atoms with Crippen molar-refractivity contribution in [2.24, 2.45) is 0 Å². The van der Waals surface area contributed by atoms with Crippen molar-refractivity contribution < 1.29 is 18.7 Å². The third kappa shape index (κ3) is 4.33. The second kappa shape index (κ2) is 8.15. The maximum Gasteiger partial charge on any atom is 0.310 e. The van der Waals surface area contributed by atoms with Gasteiger partial charge in [0.05, 0.1) is 23.3 Å². The molecule has 28 heavy (non-hydrogen) atoms. The van der Waals surface area contributed by atoms with E-state index in [1.807, 2.05) is 32.0 Å². The van der Waals surface area contributed by atoms with Gasteiger partial charge in [-0.15, -0.1) is 0 Å². The molecule has 6 nitrogen and oxygen atoms in total. The van der Waals surface area contributed by atoms with Gasteiger partial charge in [0, 0.05) is 16.6 Å². The number of nitrogens with zero attached hydrogens (tertiary/aromatic N) is 1. The van der Waals surface area contributed by atoms with Crippen LogP contribution in [-0.4, -0.2) is 18.5 Å². The average Bonchev–Trinajstić information content (AvgIpc) is 3.02. The van der Waals surface area contributed by atoms with Gasteiger partial charge >= 0.3 is 5.97 Å². The molecular formula is C21H17ClN2O4. The van der Waals surface area contributed by atoms with Crippen LogP contribution in [-0.2, 0) is 20.7 Å². The van der Waals surface area contributed by atoms with E-state index in [4.69, 9.17) is 26.0 Å². The summed E-state index contributed by atoms with van der Waals surface area (Å²) in [5.74, 6) is -1.04. The zero-order valence-electron chi connectivity index (χ0n) is 15.3. The van der Waals surface area contributed by atoms with Crippen molar-refractivity contribution >= 4 is 40.1 Å². The smallest absolute Gasteiger partial charge is 0.310 e. The van der Waals surface area contributed by atoms with Crippen molar-refractivity contribution in [2.75, 3.05) is 11.9 Å². The highest BCUT2D eigenvalue weighted by Crippen LogP contribution is 2.25. The number of esters is 1. The second-order valence-corrected chi connectivity index (χ2v) is 6.79. The van der Waals surface area contributed by atoms with Gasteiger partial charge in [-0.2, -0.15) is 5.26 Å². The molecule has 2 aromatic carbocycles. The van der Waals surface area contributed by atoms with Crippen LogP contribution >= 0.6 is 11.6 Å². The molecule has 1 N–H and O–H groups in total. The summed E-state index contributed by atoms with van der Waals surface area (Å²) < 4.78 is 10.5. The van der Waals surface area contributed by atoms with Crippen molar-refractivity contribution in [1.29, 1.82) is 5.26 Å². The maximum absolute atomic E-state index is 12.1. The first-order valence-electron chi connectivity index (χ1n) is 8.50. The number of furan rings is 1. The second-order valence-electron chi connectivity index (χ2n) is 6.39. The van der Waals surface area contributed by atoms with Gasteiger partial charge in [-0.1, -0.05) is 11.6 Å². The lowest BCUT2D eigenvalue weighted by Gasteiger charge is -2.07. The number of amides is 1. The minimum absolute atomic E-state index is 0.00543. The number of carbonyl (C=O) groups excluding carboxylic acids is 2. The Hall–Kier alpha value is -3.30. The van der Waals surface area contributed by atoms with E-state index >= 15 is 0 Å². The van der Waals surface area contributed by atoms with Gasteiger partial charge in [-0.25, -0.2) is 0 Å². The molecule has 3 aromatic rings. The zero-order valence-corrected chi connectivity index (χ0v) is 16.1. The first-order valence-corrected chi connectivity index (χ1v) is 8.87. The molecule has 1 amide bonds. The van der Waals surface area contributed by atoms with Gasteiger partial charge in [0.2, 0.25) is 0 Å². The van der Waals surface area contributed by atoms with Crippen LogP contribution in [0.5, 0.6) is 0 Å². The van der Waals surface area contributed by atoms with Crippen LogP contribution in [0.15, 0.2) is 41.0 Å². The lowest BCUT2D eigenvalue weighted by molar-refractivity contribution is -0.146. The maximum atomic E-state index is 12.1. The van der Waals surface area contributed by atoms with Crippen molar-refractivity contribution in [1.82, 2.24) is 0 Å². The summed E-state index contributed by atoms with van der Waals surface area (Å²) in [4.78, 5) is 24.1. The Bertz CT molecular complexity index is 1110. The van der Waals surface area contributed by atoms with Gasteiger partial charge in [0.1, 0.15) is 11.7 Å². The monoisotopic (exact) mass is 396 g/mol. The summed E-state index contributed by atoms with van der Waals surface area (Å²) >= 11 is 5.92. The number of ether oxygens (including phenoxy) is 1. The number of halogens is 1. The number of benzene rings is 2. The van der Waals surface area contributed by atoms with Crippen LogP contribution in [0.2, 0.25) is 5.02 Å². The van der Waals surface area contributed by atoms with E-state index in [0.717, 1.165) is 16.5 Å². The molecule has 3 rings (SSSR count). The molecule has 142 valence electrons. The quantitative estimate of drug-likeness (QED) is 0.649. The molecule has 0 aliphatic rings. The topological polar surface area (TPSA) is 92.3 Å². The number of carbonyl (C=O) groups is 2. The highest BCUT2D eigenvalue weighted by molar-refractivity contribution is 6.32. The Balaban J connectivity index is 1.57. The van der Waals surface area contributed by atoms with Crippen molar-refractivity contribution in [3.8, 4) is 6.07 Å². The molecule has 0 bridgehead atoms. The summed E-state index contributed by atoms with van der Waals surface area (Å²) in [6.07, 6.45) is 1.54. The lowest BCUT2D eigenvalue weighted by atomic mass is 10.0. The molecule has 0 radical (unpaired) electrons. The minimum Gasteiger partial charge on any atom is -0.464 e. The van der Waals surface area contributed by atoms with Crippen LogP contribution < -0.4 is 5.32 Å². The Morgan fingerprint density at radius 3 is 2.68 bits per heavy atom. The van der Waals surface area contributed by atoms with E-state index in [-0.39, 0.29) is 11.4 Å². The van der Waals surface area contributed by atoms with Crippen molar-refractivity contribution in [3.05, 3.63) is 63.9 Å². The first-order chi connectivity index (χ1) is 13.4. The van der Waals surface area contributed by atoms with Gasteiger partial charge < -0.3 is 14.5 Å². The number of nitriles is 1. The van der Waals surface area contributed by atoms with Gasteiger partial charge in [0.15, 0.2) is 6.61 Å². The number of hydrogen-bond acceptors (Lipinski definition) is 5. The Morgan fingerprint density at radius 2 is 1.96 bits per heavy atom. The lowest BCUT2D eigenvalue weighted by Crippen LogP contribution is -2.21. The highest BCUT2D eigenvalue weighted by atomic mass is 35.5. The number of rotatable bonds is 5. The number of nitrogens with one attached hydrogen (secondary N) is 1. The summed E-state index contributed by atoms with van der Waals surface area (Å²) in [5, 5.41) is 12.5. The molecule has 0 aliphatic heterocycles. The fraction of sp³-hybridized carbons (Fsp3) is 0.190. The van der Waals surface area contributed by atoms with Crippen molar-refractivity contribution in [2.45, 2.75) is 20.3 Å². The van der Waals surface area contributed by atoms with E-state index in [0.29, 0.717) is 22.4 Å². The fourth-order valence-corrected chi connectivity index (χ4v) is 2.93. The van der Waals surface area contributed by atoms with E-state index < -0.39 is 18.5 Å². The van der Waals surface area contributed by atoms with Crippen LogP contribution in [0.1, 0.15) is 22.3 Å². The summed E-state index contributed by atoms with van der Waals surface area (Å²) in [5.41, 5.74) is 4.35. The molecule has 0 spiro atoms. The van der Waals surface area contributed by atoms with Crippen molar-refractivity contribution in [3.63, 3.8) is 0 Å². The van der Waals surface area contributed by atoms with Crippen LogP contribution in [0, 0.1) is 25.2 Å². The predicted octanol–water partition coefficient (Wildman–Crippen LogP) is 4.30. The molecular weight excluding hydrogens is 380 g/mol. The zero-order chi connectivity index (χ0) is 20.3. The minimum atomic E-state index is -0.533. The molecule has 0 aliphatic carbocycles. The Morgan fingerprint density at radius 1 is 1.21 bits per heavy atom. The van der Waals surface area contributed by atoms with Gasteiger partial charge in [0.25, 0.3) is 5.91 Å². The highest BCUT2D eigenvalue weighted by Gasteiger charge is 2.14. The van der Waals surface area contributed by atoms with E-state index in [2.05, 4.69) is 5.32 Å². The SMILES string of the molecule is Cc1cc2occ(CC(=O)OCC(=O)Nc3ccc(C#N)c(Cl)c3)c2cc1C.